The zero-order valence-electron chi connectivity index (χ0n) is 17.1. The van der Waals surface area contributed by atoms with E-state index in [4.69, 9.17) is 38.4 Å². The average Bonchev–Trinajstić information content (AvgIpc) is 3.20. The van der Waals surface area contributed by atoms with Gasteiger partial charge in [0.2, 0.25) is 11.5 Å². The lowest BCUT2D eigenvalue weighted by molar-refractivity contribution is 0.0944. The van der Waals surface area contributed by atoms with Crippen LogP contribution in [0.3, 0.4) is 0 Å². The summed E-state index contributed by atoms with van der Waals surface area (Å²) in [4.78, 5) is 11.9. The largest absolute Gasteiger partial charge is 0.493 e. The molecule has 0 aliphatic rings. The smallest absolute Gasteiger partial charge is 0.277 e. The standard InChI is InChI=1S/C20H21Cl2N5O4.ClH/c1-29-17-9-12(10-24-6-7-25-20(28)18-19(23)27-31-26-18)3-5-16(17)30-11-13-2-4-14(21)15(22)8-13;/h2-5,8-9,24H,6-7,10-11H2,1H3,(H2,23,27)(H,25,28);1H. The van der Waals surface area contributed by atoms with Gasteiger partial charge in [-0.2, -0.15) is 0 Å². The van der Waals surface area contributed by atoms with Gasteiger partial charge >= 0.3 is 0 Å². The Balaban J connectivity index is 0.00000363. The number of benzene rings is 2. The molecule has 1 aromatic heterocycles. The predicted octanol–water partition coefficient (Wildman–Crippen LogP) is 3.49. The number of nitrogen functional groups attached to an aromatic ring is 1. The predicted molar refractivity (Wildman–Crippen MR) is 124 cm³/mol. The van der Waals surface area contributed by atoms with Crippen molar-refractivity contribution in [1.82, 2.24) is 20.9 Å². The molecule has 0 fully saturated rings. The van der Waals surface area contributed by atoms with Crippen LogP contribution in [0.1, 0.15) is 21.6 Å². The summed E-state index contributed by atoms with van der Waals surface area (Å²) in [6, 6.07) is 11.0. The number of methoxy groups -OCH3 is 1. The van der Waals surface area contributed by atoms with Gasteiger partial charge in [0.25, 0.3) is 5.91 Å². The minimum atomic E-state index is -0.439. The fourth-order valence-corrected chi connectivity index (χ4v) is 2.99. The number of carbonyl (C=O) groups excluding carboxylic acids is 1. The number of anilines is 1. The summed E-state index contributed by atoms with van der Waals surface area (Å²) in [5, 5.41) is 13.7. The van der Waals surface area contributed by atoms with E-state index in [9.17, 15) is 4.79 Å². The van der Waals surface area contributed by atoms with E-state index in [0.717, 1.165) is 11.1 Å². The third kappa shape index (κ3) is 6.89. The molecule has 1 heterocycles. The summed E-state index contributed by atoms with van der Waals surface area (Å²) >= 11 is 12.0. The summed E-state index contributed by atoms with van der Waals surface area (Å²) in [6.07, 6.45) is 0. The van der Waals surface area contributed by atoms with Crippen molar-refractivity contribution in [3.63, 3.8) is 0 Å². The topological polar surface area (TPSA) is 125 Å². The number of nitrogens with zero attached hydrogens (tertiary/aromatic N) is 2. The first-order valence-corrected chi connectivity index (χ1v) is 10.0. The van der Waals surface area contributed by atoms with E-state index in [1.165, 1.54) is 0 Å². The molecule has 0 radical (unpaired) electrons. The molecule has 0 saturated carbocycles. The fourth-order valence-electron chi connectivity index (χ4n) is 2.67. The Morgan fingerprint density at radius 3 is 2.53 bits per heavy atom. The van der Waals surface area contributed by atoms with Crippen LogP contribution in [0.25, 0.3) is 0 Å². The number of halogens is 3. The molecule has 0 saturated heterocycles. The zero-order valence-corrected chi connectivity index (χ0v) is 19.4. The third-order valence-corrected chi connectivity index (χ3v) is 4.99. The summed E-state index contributed by atoms with van der Waals surface area (Å²) in [7, 11) is 1.58. The van der Waals surface area contributed by atoms with Gasteiger partial charge in [0.1, 0.15) is 6.61 Å². The number of aromatic nitrogens is 2. The Bertz CT molecular complexity index is 1050. The van der Waals surface area contributed by atoms with Crippen LogP contribution in [-0.2, 0) is 13.2 Å². The summed E-state index contributed by atoms with van der Waals surface area (Å²) in [6.45, 7) is 1.82. The first kappa shape index (κ1) is 25.5. The van der Waals surface area contributed by atoms with Crippen LogP contribution in [0.2, 0.25) is 10.0 Å². The highest BCUT2D eigenvalue weighted by Gasteiger charge is 2.15. The van der Waals surface area contributed by atoms with Crippen molar-refractivity contribution < 1.29 is 18.9 Å². The van der Waals surface area contributed by atoms with E-state index < -0.39 is 5.91 Å². The van der Waals surface area contributed by atoms with Crippen molar-refractivity contribution >= 4 is 47.3 Å². The van der Waals surface area contributed by atoms with Gasteiger partial charge in [0, 0.05) is 19.6 Å². The maximum absolute atomic E-state index is 11.9. The molecule has 32 heavy (non-hydrogen) atoms. The van der Waals surface area contributed by atoms with Gasteiger partial charge in [0.05, 0.1) is 17.2 Å². The second-order valence-corrected chi connectivity index (χ2v) is 7.27. The SMILES string of the molecule is COc1cc(CNCCNC(=O)c2nonc2N)ccc1OCc1ccc(Cl)c(Cl)c1.Cl. The molecular weight excluding hydrogens is 481 g/mol. The van der Waals surface area contributed by atoms with Crippen LogP contribution in [-0.4, -0.2) is 36.4 Å². The van der Waals surface area contributed by atoms with Crippen molar-refractivity contribution in [2.45, 2.75) is 13.2 Å². The van der Waals surface area contributed by atoms with Crippen molar-refractivity contribution in [2.75, 3.05) is 25.9 Å². The van der Waals surface area contributed by atoms with Crippen LogP contribution >= 0.6 is 35.6 Å². The average molecular weight is 503 g/mol. The van der Waals surface area contributed by atoms with Gasteiger partial charge in [-0.05, 0) is 45.7 Å². The van der Waals surface area contributed by atoms with Gasteiger partial charge in [-0.3, -0.25) is 4.79 Å². The molecule has 0 atom stereocenters. The maximum atomic E-state index is 11.9. The van der Waals surface area contributed by atoms with E-state index in [1.54, 1.807) is 19.2 Å². The Morgan fingerprint density at radius 1 is 1.06 bits per heavy atom. The lowest BCUT2D eigenvalue weighted by atomic mass is 10.2. The van der Waals surface area contributed by atoms with Crippen molar-refractivity contribution in [3.05, 3.63) is 63.3 Å². The van der Waals surface area contributed by atoms with Crippen LogP contribution in [0, 0.1) is 0 Å². The van der Waals surface area contributed by atoms with E-state index in [1.807, 2.05) is 24.3 Å². The van der Waals surface area contributed by atoms with E-state index in [-0.39, 0.29) is 23.9 Å². The molecule has 9 nitrogen and oxygen atoms in total. The molecule has 2 aromatic carbocycles. The van der Waals surface area contributed by atoms with Gasteiger partial charge in [-0.25, -0.2) is 4.63 Å². The molecule has 0 bridgehead atoms. The van der Waals surface area contributed by atoms with Crippen LogP contribution < -0.4 is 25.8 Å². The number of nitrogens with two attached hydrogens (primary N) is 1. The molecule has 0 unspecified atom stereocenters. The Labute approximate surface area is 200 Å². The highest BCUT2D eigenvalue weighted by Crippen LogP contribution is 2.29. The highest BCUT2D eigenvalue weighted by atomic mass is 35.5. The monoisotopic (exact) mass is 501 g/mol. The van der Waals surface area contributed by atoms with Gasteiger partial charge < -0.3 is 25.8 Å². The summed E-state index contributed by atoms with van der Waals surface area (Å²) in [5.41, 5.74) is 7.34. The van der Waals surface area contributed by atoms with Crippen LogP contribution in [0.15, 0.2) is 41.0 Å². The molecule has 3 aromatic rings. The number of hydrogen-bond acceptors (Lipinski definition) is 8. The van der Waals surface area contributed by atoms with Crippen LogP contribution in [0.4, 0.5) is 5.82 Å². The van der Waals surface area contributed by atoms with E-state index >= 15 is 0 Å². The molecule has 0 spiro atoms. The third-order valence-electron chi connectivity index (χ3n) is 4.25. The van der Waals surface area contributed by atoms with Crippen LogP contribution in [0.5, 0.6) is 11.5 Å². The molecule has 4 N–H and O–H groups in total. The molecule has 0 aliphatic heterocycles. The molecule has 1 amide bonds. The summed E-state index contributed by atoms with van der Waals surface area (Å²) in [5.74, 6) is 0.745. The van der Waals surface area contributed by atoms with Gasteiger partial charge in [0.15, 0.2) is 11.5 Å². The van der Waals surface area contributed by atoms with Gasteiger partial charge in [-0.15, -0.1) is 12.4 Å². The second-order valence-electron chi connectivity index (χ2n) is 6.45. The lowest BCUT2D eigenvalue weighted by Crippen LogP contribution is -2.32. The highest BCUT2D eigenvalue weighted by molar-refractivity contribution is 6.42. The summed E-state index contributed by atoms with van der Waals surface area (Å²) < 4.78 is 15.7. The number of rotatable bonds is 10. The normalized spacial score (nSPS) is 10.3. The number of nitrogens with one attached hydrogen (secondary N) is 2. The van der Waals surface area contributed by atoms with Crippen molar-refractivity contribution in [3.8, 4) is 11.5 Å². The molecule has 12 heteroatoms. The minimum absolute atomic E-state index is 0. The number of hydrogen-bond donors (Lipinski definition) is 3. The lowest BCUT2D eigenvalue weighted by Gasteiger charge is -2.13. The molecular formula is C20H22Cl3N5O4. The maximum Gasteiger partial charge on any atom is 0.277 e. The van der Waals surface area contributed by atoms with Crippen molar-refractivity contribution in [1.29, 1.82) is 0 Å². The number of ether oxygens (including phenoxy) is 2. The first-order chi connectivity index (χ1) is 15.0. The molecule has 0 aliphatic carbocycles. The minimum Gasteiger partial charge on any atom is -0.493 e. The zero-order chi connectivity index (χ0) is 22.2. The Morgan fingerprint density at radius 2 is 1.84 bits per heavy atom. The van der Waals surface area contributed by atoms with E-state index in [2.05, 4.69) is 25.6 Å². The number of amides is 1. The Hall–Kier alpha value is -2.72. The molecule has 172 valence electrons. The Kier molecular flexibility index (Phi) is 9.86. The second kappa shape index (κ2) is 12.4. The molecule has 3 rings (SSSR count). The number of carbonyl (C=O) groups is 1. The van der Waals surface area contributed by atoms with Crippen molar-refractivity contribution in [2.24, 2.45) is 0 Å². The fraction of sp³-hybridized carbons (Fsp3) is 0.250. The first-order valence-electron chi connectivity index (χ1n) is 9.28. The van der Waals surface area contributed by atoms with Gasteiger partial charge in [-0.1, -0.05) is 35.3 Å². The quantitative estimate of drug-likeness (QED) is 0.360. The van der Waals surface area contributed by atoms with E-state index in [0.29, 0.717) is 47.8 Å².